The maximum Gasteiger partial charge on any atom is 0.257 e. The Balaban J connectivity index is 1.47. The lowest BCUT2D eigenvalue weighted by Gasteiger charge is -2.45. The van der Waals surface area contributed by atoms with Crippen LogP contribution < -0.4 is 0 Å². The number of amides is 1. The number of benzene rings is 1. The number of alkyl halides is 1. The van der Waals surface area contributed by atoms with Crippen LogP contribution in [-0.2, 0) is 9.22 Å². The van der Waals surface area contributed by atoms with Crippen LogP contribution in [0.3, 0.4) is 0 Å². The van der Waals surface area contributed by atoms with Gasteiger partial charge < -0.3 is 9.33 Å². The Bertz CT molecular complexity index is 1380. The van der Waals surface area contributed by atoms with Crippen LogP contribution in [0.4, 0.5) is 4.39 Å². The first-order valence-electron chi connectivity index (χ1n) is 16.9. The zero-order chi connectivity index (χ0) is 32.8. The fourth-order valence-electron chi connectivity index (χ4n) is 8.01. The van der Waals surface area contributed by atoms with E-state index in [4.69, 9.17) is 27.6 Å². The monoisotopic (exact) mass is 677 g/mol. The van der Waals surface area contributed by atoms with Crippen molar-refractivity contribution in [3.63, 3.8) is 0 Å². The molecule has 1 heterocycles. The molecule has 1 amide bonds. The Hall–Kier alpha value is -1.74. The van der Waals surface area contributed by atoms with E-state index in [0.717, 1.165) is 62.4 Å². The highest BCUT2D eigenvalue weighted by atomic mass is 35.5. The first kappa shape index (κ1) is 34.6. The molecule has 1 aromatic carbocycles. The Morgan fingerprint density at radius 3 is 2.18 bits per heavy atom. The van der Waals surface area contributed by atoms with Crippen LogP contribution in [0.15, 0.2) is 24.4 Å². The molecule has 3 saturated carbocycles. The molecule has 0 aliphatic heterocycles. The molecule has 45 heavy (non-hydrogen) atoms. The number of hydrogen-bond acceptors (Lipinski definition) is 4. The summed E-state index contributed by atoms with van der Waals surface area (Å²) in [4.78, 5) is 28.4. The Kier molecular flexibility index (Phi) is 10.0. The van der Waals surface area contributed by atoms with E-state index in [0.29, 0.717) is 34.0 Å². The molecule has 2 aromatic rings. The molecular weight excluding hydrogens is 628 g/mol. The van der Waals surface area contributed by atoms with Gasteiger partial charge in [0.25, 0.3) is 5.91 Å². The summed E-state index contributed by atoms with van der Waals surface area (Å²) in [5.74, 6) is -0.0177. The first-order valence-corrected chi connectivity index (χ1v) is 20.2. The molecule has 0 radical (unpaired) electrons. The van der Waals surface area contributed by atoms with Crippen molar-refractivity contribution in [1.82, 2.24) is 14.7 Å². The highest BCUT2D eigenvalue weighted by Gasteiger charge is 2.62. The topological polar surface area (TPSA) is 64.4 Å². The van der Waals surface area contributed by atoms with E-state index in [1.807, 2.05) is 18.5 Å². The normalized spacial score (nSPS) is 24.2. The highest BCUT2D eigenvalue weighted by molar-refractivity contribution is 6.73. The lowest BCUT2D eigenvalue weighted by Crippen LogP contribution is -2.53. The van der Waals surface area contributed by atoms with E-state index in [-0.39, 0.29) is 41.7 Å². The largest absolute Gasteiger partial charge is 0.408 e. The van der Waals surface area contributed by atoms with Crippen LogP contribution in [0.25, 0.3) is 0 Å². The van der Waals surface area contributed by atoms with Crippen molar-refractivity contribution >= 4 is 43.2 Å². The summed E-state index contributed by atoms with van der Waals surface area (Å²) in [6.07, 6.45) is 7.42. The standard InChI is InChI=1S/C35H50Cl2FN3O3Si/c1-7-45(8-2,9-3)44-30(31-28(36)11-10-12-29(31)37)20-40(23-35(38)21-34(22-35)17-18-34)32(43)27-19-39-41(24(27)4)26-13-15-33(6,16-14-26)25(5)42/h10-12,19,26,30H,7-9,13-18,20-23H2,1-6H3/t26-,30?,33-. The highest BCUT2D eigenvalue weighted by Crippen LogP contribution is 2.66. The lowest BCUT2D eigenvalue weighted by atomic mass is 9.69. The van der Waals surface area contributed by atoms with E-state index in [2.05, 4.69) is 25.9 Å². The molecule has 0 N–H and O–H groups in total. The third-order valence-electron chi connectivity index (χ3n) is 11.7. The molecule has 1 spiro atoms. The second-order valence-corrected chi connectivity index (χ2v) is 20.1. The average molecular weight is 679 g/mol. The zero-order valence-corrected chi connectivity index (χ0v) is 30.4. The first-order chi connectivity index (χ1) is 21.2. The van der Waals surface area contributed by atoms with Gasteiger partial charge in [0.2, 0.25) is 0 Å². The van der Waals surface area contributed by atoms with Crippen molar-refractivity contribution in [2.24, 2.45) is 10.8 Å². The third kappa shape index (κ3) is 6.95. The SMILES string of the molecule is CC[Si](CC)(CC)OC(CN(CC1(F)CC2(CC2)C1)C(=O)c1cnn([C@H]2CC[C@](C)(C(C)=O)CC2)c1C)c1c(Cl)cccc1Cl. The number of Topliss-reactive ketones (excluding diaryl/α,β-unsaturated/α-hetero) is 1. The third-order valence-corrected chi connectivity index (χ3v) is 17.0. The second-order valence-electron chi connectivity index (χ2n) is 14.6. The fourth-order valence-corrected chi connectivity index (χ4v) is 11.4. The van der Waals surface area contributed by atoms with Crippen LogP contribution in [0.2, 0.25) is 28.2 Å². The minimum atomic E-state index is -2.19. The van der Waals surface area contributed by atoms with Crippen molar-refractivity contribution in [1.29, 1.82) is 0 Å². The van der Waals surface area contributed by atoms with Crippen molar-refractivity contribution in [3.05, 3.63) is 51.3 Å². The molecule has 3 aliphatic carbocycles. The zero-order valence-electron chi connectivity index (χ0n) is 27.9. The van der Waals surface area contributed by atoms with Gasteiger partial charge in [-0.3, -0.25) is 14.3 Å². The van der Waals surface area contributed by atoms with Crippen LogP contribution in [-0.4, -0.2) is 53.4 Å². The summed E-state index contributed by atoms with van der Waals surface area (Å²) in [6, 6.07) is 8.26. The summed E-state index contributed by atoms with van der Waals surface area (Å²) in [5.41, 5.74) is 0.320. The molecule has 5 rings (SSSR count). The summed E-state index contributed by atoms with van der Waals surface area (Å²) >= 11 is 13.5. The molecule has 10 heteroatoms. The minimum absolute atomic E-state index is 0.000535. The minimum Gasteiger partial charge on any atom is -0.408 e. The van der Waals surface area contributed by atoms with Gasteiger partial charge in [0.1, 0.15) is 11.5 Å². The molecular formula is C35H50Cl2FN3O3Si. The van der Waals surface area contributed by atoms with Gasteiger partial charge in [-0.1, -0.05) is 57.0 Å². The number of carbonyl (C=O) groups excluding carboxylic acids is 2. The Labute approximate surface area is 279 Å². The second kappa shape index (κ2) is 13.0. The number of hydrogen-bond donors (Lipinski definition) is 0. The van der Waals surface area contributed by atoms with Crippen molar-refractivity contribution < 1.29 is 18.4 Å². The van der Waals surface area contributed by atoms with Crippen LogP contribution in [0.5, 0.6) is 0 Å². The predicted molar refractivity (Wildman–Crippen MR) is 181 cm³/mol. The molecule has 0 saturated heterocycles. The fraction of sp³-hybridized carbons (Fsp3) is 0.686. The van der Waals surface area contributed by atoms with E-state index in [9.17, 15) is 9.59 Å². The smallest absolute Gasteiger partial charge is 0.257 e. The van der Waals surface area contributed by atoms with E-state index in [1.165, 1.54) is 0 Å². The van der Waals surface area contributed by atoms with E-state index >= 15 is 4.39 Å². The molecule has 3 fully saturated rings. The lowest BCUT2D eigenvalue weighted by molar-refractivity contribution is -0.127. The quantitative estimate of drug-likeness (QED) is 0.198. The number of ketones is 1. The van der Waals surface area contributed by atoms with Crippen LogP contribution in [0.1, 0.15) is 120 Å². The van der Waals surface area contributed by atoms with Gasteiger partial charge in [0, 0.05) is 26.7 Å². The summed E-state index contributed by atoms with van der Waals surface area (Å²) in [5, 5.41) is 5.66. The maximum absolute atomic E-state index is 16.3. The van der Waals surface area contributed by atoms with Gasteiger partial charge in [0.05, 0.1) is 37.0 Å². The number of aromatic nitrogens is 2. The van der Waals surface area contributed by atoms with Crippen LogP contribution in [0, 0.1) is 17.8 Å². The molecule has 0 bridgehead atoms. The average Bonchev–Trinajstić information content (AvgIpc) is 3.67. The maximum atomic E-state index is 16.3. The predicted octanol–water partition coefficient (Wildman–Crippen LogP) is 9.70. The van der Waals surface area contributed by atoms with Gasteiger partial charge in [0.15, 0.2) is 8.32 Å². The Morgan fingerprint density at radius 1 is 1.09 bits per heavy atom. The van der Waals surface area contributed by atoms with Crippen molar-refractivity contribution in [2.75, 3.05) is 13.1 Å². The number of rotatable bonds is 13. The molecule has 6 nitrogen and oxygen atoms in total. The summed E-state index contributed by atoms with van der Waals surface area (Å²) in [6.45, 7) is 12.3. The van der Waals surface area contributed by atoms with Gasteiger partial charge >= 0.3 is 0 Å². The molecule has 1 atom stereocenters. The van der Waals surface area contributed by atoms with Gasteiger partial charge in [-0.25, -0.2) is 4.39 Å². The number of nitrogens with zero attached hydrogens (tertiary/aromatic N) is 3. The van der Waals surface area contributed by atoms with E-state index in [1.54, 1.807) is 36.2 Å². The van der Waals surface area contributed by atoms with Gasteiger partial charge in [-0.15, -0.1) is 0 Å². The van der Waals surface area contributed by atoms with Gasteiger partial charge in [-0.05, 0) is 101 Å². The van der Waals surface area contributed by atoms with E-state index < -0.39 is 20.1 Å². The molecule has 248 valence electrons. The summed E-state index contributed by atoms with van der Waals surface area (Å²) < 4.78 is 25.3. The molecule has 1 aromatic heterocycles. The molecule has 1 unspecified atom stereocenters. The van der Waals surface area contributed by atoms with Crippen molar-refractivity contribution in [2.45, 2.75) is 129 Å². The van der Waals surface area contributed by atoms with Gasteiger partial charge in [-0.2, -0.15) is 5.10 Å². The Morgan fingerprint density at radius 2 is 1.67 bits per heavy atom. The van der Waals surface area contributed by atoms with Crippen molar-refractivity contribution in [3.8, 4) is 0 Å². The number of halogens is 3. The molecule has 3 aliphatic rings. The summed E-state index contributed by atoms with van der Waals surface area (Å²) in [7, 11) is -2.19. The van der Waals surface area contributed by atoms with Crippen LogP contribution >= 0.6 is 23.2 Å². The number of carbonyl (C=O) groups is 2.